The predicted octanol–water partition coefficient (Wildman–Crippen LogP) is -0.635. The van der Waals surface area contributed by atoms with E-state index in [1.807, 2.05) is 13.8 Å². The van der Waals surface area contributed by atoms with Crippen LogP contribution in [0, 0.1) is 5.92 Å². The second kappa shape index (κ2) is 5.11. The van der Waals surface area contributed by atoms with Gasteiger partial charge in [0.05, 0.1) is 0 Å². The highest BCUT2D eigenvalue weighted by molar-refractivity contribution is 5.90. The lowest BCUT2D eigenvalue weighted by Gasteiger charge is -2.22. The molecule has 1 saturated heterocycles. The molecule has 1 unspecified atom stereocenters. The van der Waals surface area contributed by atoms with Gasteiger partial charge in [-0.3, -0.25) is 9.59 Å². The number of rotatable bonds is 4. The summed E-state index contributed by atoms with van der Waals surface area (Å²) in [5.41, 5.74) is 5.55. The van der Waals surface area contributed by atoms with Gasteiger partial charge in [-0.2, -0.15) is 0 Å². The molecule has 0 aromatic rings. The van der Waals surface area contributed by atoms with Crippen LogP contribution < -0.4 is 16.4 Å². The molecule has 0 aromatic carbocycles. The zero-order valence-corrected chi connectivity index (χ0v) is 9.25. The van der Waals surface area contributed by atoms with Gasteiger partial charge in [0, 0.05) is 19.0 Å². The molecule has 5 heteroatoms. The topological polar surface area (TPSA) is 84.2 Å². The van der Waals surface area contributed by atoms with E-state index in [4.69, 9.17) is 5.73 Å². The van der Waals surface area contributed by atoms with E-state index >= 15 is 0 Å². The summed E-state index contributed by atoms with van der Waals surface area (Å²) in [5.74, 6) is 0.130. The molecule has 86 valence electrons. The van der Waals surface area contributed by atoms with Gasteiger partial charge < -0.3 is 16.4 Å². The summed E-state index contributed by atoms with van der Waals surface area (Å²) in [5, 5.41) is 5.48. The van der Waals surface area contributed by atoms with Crippen molar-refractivity contribution in [3.05, 3.63) is 0 Å². The van der Waals surface area contributed by atoms with Crippen molar-refractivity contribution in [1.29, 1.82) is 0 Å². The zero-order valence-electron chi connectivity index (χ0n) is 9.25. The smallest absolute Gasteiger partial charge is 0.242 e. The Hall–Kier alpha value is -1.10. The van der Waals surface area contributed by atoms with Crippen LogP contribution in [0.25, 0.3) is 0 Å². The van der Waals surface area contributed by atoms with Gasteiger partial charge in [-0.05, 0) is 12.3 Å². The van der Waals surface area contributed by atoms with Crippen molar-refractivity contribution in [1.82, 2.24) is 10.6 Å². The third-order valence-electron chi connectivity index (χ3n) is 2.70. The van der Waals surface area contributed by atoms with E-state index in [1.165, 1.54) is 0 Å². The SMILES string of the molecule is CC(C)C(CN)NC(=O)[C@@H]1CCC(=O)N1. The standard InChI is InChI=1S/C10H19N3O2/c1-6(2)8(5-11)13-10(15)7-3-4-9(14)12-7/h6-8H,3-5,11H2,1-2H3,(H,12,14)(H,13,15)/t7-,8?/m0/s1. The Balaban J connectivity index is 2.44. The van der Waals surface area contributed by atoms with E-state index in [9.17, 15) is 9.59 Å². The summed E-state index contributed by atoms with van der Waals surface area (Å²) in [7, 11) is 0. The molecule has 1 aliphatic rings. The molecule has 1 fully saturated rings. The van der Waals surface area contributed by atoms with Gasteiger partial charge in [0.1, 0.15) is 6.04 Å². The molecule has 0 spiro atoms. The largest absolute Gasteiger partial charge is 0.350 e. The van der Waals surface area contributed by atoms with Gasteiger partial charge in [0.15, 0.2) is 0 Å². The van der Waals surface area contributed by atoms with Crippen LogP contribution in [0.5, 0.6) is 0 Å². The Bertz CT molecular complexity index is 253. The Labute approximate surface area is 89.8 Å². The molecule has 0 saturated carbocycles. The molecular weight excluding hydrogens is 194 g/mol. The molecule has 1 rings (SSSR count). The van der Waals surface area contributed by atoms with E-state index in [0.717, 1.165) is 0 Å². The van der Waals surface area contributed by atoms with Crippen LogP contribution in [0.1, 0.15) is 26.7 Å². The van der Waals surface area contributed by atoms with Crippen LogP contribution in [0.2, 0.25) is 0 Å². The molecule has 1 aliphatic heterocycles. The van der Waals surface area contributed by atoms with Gasteiger partial charge in [0.25, 0.3) is 0 Å². The zero-order chi connectivity index (χ0) is 11.4. The second-order valence-electron chi connectivity index (χ2n) is 4.25. The average Bonchev–Trinajstić information content (AvgIpc) is 2.60. The second-order valence-corrected chi connectivity index (χ2v) is 4.25. The number of hydrogen-bond donors (Lipinski definition) is 3. The maximum Gasteiger partial charge on any atom is 0.242 e. The van der Waals surface area contributed by atoms with Crippen LogP contribution in [0.4, 0.5) is 0 Å². The van der Waals surface area contributed by atoms with Crippen molar-refractivity contribution in [3.8, 4) is 0 Å². The van der Waals surface area contributed by atoms with Gasteiger partial charge in [0.2, 0.25) is 11.8 Å². The quantitative estimate of drug-likeness (QED) is 0.581. The highest BCUT2D eigenvalue weighted by Gasteiger charge is 2.28. The van der Waals surface area contributed by atoms with Crippen LogP contribution in [-0.4, -0.2) is 30.4 Å². The fourth-order valence-corrected chi connectivity index (χ4v) is 1.59. The minimum absolute atomic E-state index is 0.0185. The molecule has 15 heavy (non-hydrogen) atoms. The number of carbonyl (C=O) groups excluding carboxylic acids is 2. The summed E-state index contributed by atoms with van der Waals surface area (Å²) in [6.07, 6.45) is 1.02. The monoisotopic (exact) mass is 213 g/mol. The molecule has 1 heterocycles. The third kappa shape index (κ3) is 3.20. The minimum Gasteiger partial charge on any atom is -0.350 e. The van der Waals surface area contributed by atoms with E-state index < -0.39 is 0 Å². The maximum atomic E-state index is 11.7. The van der Waals surface area contributed by atoms with Gasteiger partial charge >= 0.3 is 0 Å². The lowest BCUT2D eigenvalue weighted by Crippen LogP contribution is -2.50. The number of amides is 2. The molecular formula is C10H19N3O2. The van der Waals surface area contributed by atoms with Crippen LogP contribution in [0.3, 0.4) is 0 Å². The third-order valence-corrected chi connectivity index (χ3v) is 2.70. The normalized spacial score (nSPS) is 22.7. The van der Waals surface area contributed by atoms with Crippen molar-refractivity contribution in [2.45, 2.75) is 38.8 Å². The van der Waals surface area contributed by atoms with Gasteiger partial charge in [-0.1, -0.05) is 13.8 Å². The molecule has 0 bridgehead atoms. The van der Waals surface area contributed by atoms with Crippen molar-refractivity contribution in [3.63, 3.8) is 0 Å². The van der Waals surface area contributed by atoms with Crippen LogP contribution in [0.15, 0.2) is 0 Å². The van der Waals surface area contributed by atoms with E-state index in [0.29, 0.717) is 25.3 Å². The summed E-state index contributed by atoms with van der Waals surface area (Å²) in [4.78, 5) is 22.6. The minimum atomic E-state index is -0.370. The fourth-order valence-electron chi connectivity index (χ4n) is 1.59. The van der Waals surface area contributed by atoms with Gasteiger partial charge in [-0.25, -0.2) is 0 Å². The lowest BCUT2D eigenvalue weighted by molar-refractivity contribution is -0.126. The summed E-state index contributed by atoms with van der Waals surface area (Å²) < 4.78 is 0. The number of hydrogen-bond acceptors (Lipinski definition) is 3. The number of carbonyl (C=O) groups is 2. The number of nitrogens with one attached hydrogen (secondary N) is 2. The lowest BCUT2D eigenvalue weighted by atomic mass is 10.0. The van der Waals surface area contributed by atoms with Crippen molar-refractivity contribution < 1.29 is 9.59 Å². The Morgan fingerprint density at radius 3 is 2.73 bits per heavy atom. The molecule has 0 aliphatic carbocycles. The number of nitrogens with two attached hydrogens (primary N) is 1. The summed E-state index contributed by atoms with van der Waals surface area (Å²) in [6, 6.07) is -0.389. The van der Waals surface area contributed by atoms with E-state index in [2.05, 4.69) is 10.6 Å². The molecule has 2 atom stereocenters. The Kier molecular flexibility index (Phi) is 4.08. The predicted molar refractivity (Wildman–Crippen MR) is 57.0 cm³/mol. The Morgan fingerprint density at radius 2 is 2.33 bits per heavy atom. The van der Waals surface area contributed by atoms with Crippen molar-refractivity contribution in [2.24, 2.45) is 11.7 Å². The maximum absolute atomic E-state index is 11.7. The average molecular weight is 213 g/mol. The highest BCUT2D eigenvalue weighted by atomic mass is 16.2. The molecule has 0 aromatic heterocycles. The first-order valence-electron chi connectivity index (χ1n) is 5.34. The summed E-state index contributed by atoms with van der Waals surface area (Å²) in [6.45, 7) is 4.43. The molecule has 0 radical (unpaired) electrons. The van der Waals surface area contributed by atoms with Crippen molar-refractivity contribution >= 4 is 11.8 Å². The molecule has 2 amide bonds. The summed E-state index contributed by atoms with van der Waals surface area (Å²) >= 11 is 0. The van der Waals surface area contributed by atoms with E-state index in [1.54, 1.807) is 0 Å². The fraction of sp³-hybridized carbons (Fsp3) is 0.800. The van der Waals surface area contributed by atoms with Crippen LogP contribution in [-0.2, 0) is 9.59 Å². The first-order chi connectivity index (χ1) is 7.04. The van der Waals surface area contributed by atoms with Gasteiger partial charge in [-0.15, -0.1) is 0 Å². The first-order valence-corrected chi connectivity index (χ1v) is 5.34. The Morgan fingerprint density at radius 1 is 1.67 bits per heavy atom. The molecule has 4 N–H and O–H groups in total. The first kappa shape index (κ1) is 12.0. The highest BCUT2D eigenvalue weighted by Crippen LogP contribution is 2.08. The van der Waals surface area contributed by atoms with Crippen LogP contribution >= 0.6 is 0 Å². The van der Waals surface area contributed by atoms with E-state index in [-0.39, 0.29) is 23.9 Å². The molecule has 5 nitrogen and oxygen atoms in total. The van der Waals surface area contributed by atoms with Crippen molar-refractivity contribution in [2.75, 3.05) is 6.54 Å².